The molecule has 2 heterocycles. The summed E-state index contributed by atoms with van der Waals surface area (Å²) >= 11 is 5.24. The number of nitrogens with zero attached hydrogens (tertiary/aromatic N) is 3. The smallest absolute Gasteiger partial charge is 0.231 e. The van der Waals surface area contributed by atoms with Gasteiger partial charge in [-0.15, -0.1) is 10.2 Å². The average Bonchev–Trinajstić information content (AvgIpc) is 3.19. The Hall–Kier alpha value is -1.99. The maximum Gasteiger partial charge on any atom is 0.231 e. The summed E-state index contributed by atoms with van der Waals surface area (Å²) < 4.78 is 13.9. The molecule has 0 spiro atoms. The molecule has 4 rings (SSSR count). The standard InChI is InChI=1S/C17H14BrN3O2S/c1-11-19-20-17(21(11)13-5-3-2-4-6-13)24-9-12-7-15-16(8-14(12)18)23-10-22-15/h2-8H,9-10H2,1H3. The fraction of sp³-hybridized carbons (Fsp3) is 0.176. The van der Waals surface area contributed by atoms with Gasteiger partial charge in [-0.1, -0.05) is 45.9 Å². The van der Waals surface area contributed by atoms with Gasteiger partial charge in [-0.2, -0.15) is 0 Å². The molecule has 0 saturated heterocycles. The molecule has 24 heavy (non-hydrogen) atoms. The number of ether oxygens (including phenoxy) is 2. The molecule has 3 aromatic rings. The minimum absolute atomic E-state index is 0.278. The van der Waals surface area contributed by atoms with Crippen molar-refractivity contribution in [3.05, 3.63) is 58.3 Å². The molecular formula is C17H14BrN3O2S. The van der Waals surface area contributed by atoms with Gasteiger partial charge in [0.2, 0.25) is 6.79 Å². The SMILES string of the molecule is Cc1nnc(SCc2cc3c(cc2Br)OCO3)n1-c1ccccc1. The second kappa shape index (κ2) is 6.49. The molecule has 0 unspecified atom stereocenters. The summed E-state index contributed by atoms with van der Waals surface area (Å²) in [5.74, 6) is 3.18. The first-order valence-corrected chi connectivity index (χ1v) is 9.18. The van der Waals surface area contributed by atoms with Crippen molar-refractivity contribution in [2.75, 3.05) is 6.79 Å². The minimum Gasteiger partial charge on any atom is -0.454 e. The van der Waals surface area contributed by atoms with Crippen molar-refractivity contribution < 1.29 is 9.47 Å². The van der Waals surface area contributed by atoms with Crippen LogP contribution < -0.4 is 9.47 Å². The third-order valence-corrected chi connectivity index (χ3v) is 5.42. The summed E-state index contributed by atoms with van der Waals surface area (Å²) in [6.07, 6.45) is 0. The van der Waals surface area contributed by atoms with E-state index in [4.69, 9.17) is 9.47 Å². The van der Waals surface area contributed by atoms with Crippen molar-refractivity contribution in [2.45, 2.75) is 17.8 Å². The second-order valence-electron chi connectivity index (χ2n) is 5.29. The minimum atomic E-state index is 0.278. The monoisotopic (exact) mass is 403 g/mol. The quantitative estimate of drug-likeness (QED) is 0.605. The van der Waals surface area contributed by atoms with Gasteiger partial charge in [-0.25, -0.2) is 0 Å². The molecule has 0 fully saturated rings. The molecule has 5 nitrogen and oxygen atoms in total. The van der Waals surface area contributed by atoms with Crippen molar-refractivity contribution in [3.63, 3.8) is 0 Å². The van der Waals surface area contributed by atoms with Crippen LogP contribution in [0.15, 0.2) is 52.1 Å². The number of benzene rings is 2. The number of aromatic nitrogens is 3. The van der Waals surface area contributed by atoms with Crippen molar-refractivity contribution in [3.8, 4) is 17.2 Å². The van der Waals surface area contributed by atoms with Crippen LogP contribution in [0.4, 0.5) is 0 Å². The zero-order valence-corrected chi connectivity index (χ0v) is 15.3. The fourth-order valence-electron chi connectivity index (χ4n) is 2.52. The zero-order chi connectivity index (χ0) is 16.5. The molecule has 0 saturated carbocycles. The van der Waals surface area contributed by atoms with Crippen LogP contribution in [-0.2, 0) is 5.75 Å². The first kappa shape index (κ1) is 15.5. The van der Waals surface area contributed by atoms with Gasteiger partial charge in [0.1, 0.15) is 5.82 Å². The highest BCUT2D eigenvalue weighted by Gasteiger charge is 2.17. The lowest BCUT2D eigenvalue weighted by Gasteiger charge is -2.09. The van der Waals surface area contributed by atoms with E-state index in [1.54, 1.807) is 11.8 Å². The largest absolute Gasteiger partial charge is 0.454 e. The van der Waals surface area contributed by atoms with E-state index in [1.165, 1.54) is 0 Å². The number of aryl methyl sites for hydroxylation is 1. The first-order chi connectivity index (χ1) is 11.7. The molecule has 0 aliphatic carbocycles. The summed E-state index contributed by atoms with van der Waals surface area (Å²) in [4.78, 5) is 0. The Morgan fingerprint density at radius 1 is 1.12 bits per heavy atom. The van der Waals surface area contributed by atoms with Gasteiger partial charge < -0.3 is 9.47 Å². The normalized spacial score (nSPS) is 12.6. The Kier molecular flexibility index (Phi) is 4.20. The lowest BCUT2D eigenvalue weighted by Crippen LogP contribution is -1.99. The molecule has 1 aromatic heterocycles. The van der Waals surface area contributed by atoms with Crippen molar-refractivity contribution in [1.82, 2.24) is 14.8 Å². The molecule has 7 heteroatoms. The number of para-hydroxylation sites is 1. The molecule has 122 valence electrons. The second-order valence-corrected chi connectivity index (χ2v) is 7.08. The number of thioether (sulfide) groups is 1. The van der Waals surface area contributed by atoms with Crippen LogP contribution in [0.5, 0.6) is 11.5 Å². The molecule has 0 atom stereocenters. The fourth-order valence-corrected chi connectivity index (χ4v) is 4.16. The van der Waals surface area contributed by atoms with E-state index >= 15 is 0 Å². The van der Waals surface area contributed by atoms with Gasteiger partial charge in [0.05, 0.1) is 0 Å². The van der Waals surface area contributed by atoms with Crippen LogP contribution in [0.3, 0.4) is 0 Å². The lowest BCUT2D eigenvalue weighted by atomic mass is 10.2. The highest BCUT2D eigenvalue weighted by molar-refractivity contribution is 9.10. The van der Waals surface area contributed by atoms with Gasteiger partial charge >= 0.3 is 0 Å². The van der Waals surface area contributed by atoms with Gasteiger partial charge in [-0.05, 0) is 36.8 Å². The molecule has 1 aliphatic heterocycles. The molecule has 0 amide bonds. The molecule has 1 aliphatic rings. The van der Waals surface area contributed by atoms with E-state index in [0.29, 0.717) is 0 Å². The van der Waals surface area contributed by atoms with Crippen LogP contribution >= 0.6 is 27.7 Å². The van der Waals surface area contributed by atoms with Gasteiger partial charge in [0.25, 0.3) is 0 Å². The van der Waals surface area contributed by atoms with E-state index in [2.05, 4.69) is 42.8 Å². The van der Waals surface area contributed by atoms with E-state index in [-0.39, 0.29) is 6.79 Å². The zero-order valence-electron chi connectivity index (χ0n) is 12.9. The molecular weight excluding hydrogens is 390 g/mol. The van der Waals surface area contributed by atoms with E-state index < -0.39 is 0 Å². The third-order valence-electron chi connectivity index (χ3n) is 3.71. The number of hydrogen-bond donors (Lipinski definition) is 0. The summed E-state index contributed by atoms with van der Waals surface area (Å²) in [6, 6.07) is 14.1. The van der Waals surface area contributed by atoms with Crippen molar-refractivity contribution in [2.24, 2.45) is 0 Å². The molecule has 0 bridgehead atoms. The highest BCUT2D eigenvalue weighted by atomic mass is 79.9. The summed E-state index contributed by atoms with van der Waals surface area (Å²) in [5, 5.41) is 9.40. The predicted molar refractivity (Wildman–Crippen MR) is 95.9 cm³/mol. The van der Waals surface area contributed by atoms with E-state index in [0.717, 1.165) is 44.0 Å². The third kappa shape index (κ3) is 2.89. The highest BCUT2D eigenvalue weighted by Crippen LogP contribution is 2.39. The lowest BCUT2D eigenvalue weighted by molar-refractivity contribution is 0.174. The molecule has 0 N–H and O–H groups in total. The van der Waals surface area contributed by atoms with Crippen LogP contribution in [0, 0.1) is 6.92 Å². The van der Waals surface area contributed by atoms with Crippen LogP contribution in [-0.4, -0.2) is 21.6 Å². The first-order valence-electron chi connectivity index (χ1n) is 7.40. The number of hydrogen-bond acceptors (Lipinski definition) is 5. The Morgan fingerprint density at radius 2 is 1.88 bits per heavy atom. The van der Waals surface area contributed by atoms with Crippen molar-refractivity contribution in [1.29, 1.82) is 0 Å². The summed E-state index contributed by atoms with van der Waals surface area (Å²) in [6.45, 7) is 2.24. The average molecular weight is 404 g/mol. The number of fused-ring (bicyclic) bond motifs is 1. The van der Waals surface area contributed by atoms with Gasteiger partial charge in [-0.3, -0.25) is 4.57 Å². The Labute approximate surface area is 152 Å². The molecule has 0 radical (unpaired) electrons. The van der Waals surface area contributed by atoms with Crippen LogP contribution in [0.1, 0.15) is 11.4 Å². The van der Waals surface area contributed by atoms with E-state index in [9.17, 15) is 0 Å². The summed E-state index contributed by atoms with van der Waals surface area (Å²) in [7, 11) is 0. The Balaban J connectivity index is 1.60. The summed E-state index contributed by atoms with van der Waals surface area (Å²) in [5.41, 5.74) is 2.19. The Morgan fingerprint density at radius 3 is 2.67 bits per heavy atom. The predicted octanol–water partition coefficient (Wildman–Crippen LogP) is 4.36. The topological polar surface area (TPSA) is 49.2 Å². The van der Waals surface area contributed by atoms with E-state index in [1.807, 2.05) is 37.3 Å². The van der Waals surface area contributed by atoms with Crippen LogP contribution in [0.25, 0.3) is 5.69 Å². The van der Waals surface area contributed by atoms with Gasteiger partial charge in [0, 0.05) is 15.9 Å². The number of rotatable bonds is 4. The Bertz CT molecular complexity index is 883. The maximum atomic E-state index is 5.46. The van der Waals surface area contributed by atoms with Crippen LogP contribution in [0.2, 0.25) is 0 Å². The maximum absolute atomic E-state index is 5.46. The number of halogens is 1. The van der Waals surface area contributed by atoms with Gasteiger partial charge in [0.15, 0.2) is 16.7 Å². The molecule has 2 aromatic carbocycles. The van der Waals surface area contributed by atoms with Crippen molar-refractivity contribution >= 4 is 27.7 Å².